The summed E-state index contributed by atoms with van der Waals surface area (Å²) >= 11 is 0. The fourth-order valence-electron chi connectivity index (χ4n) is 1.82. The van der Waals surface area contributed by atoms with E-state index in [4.69, 9.17) is 10.5 Å². The summed E-state index contributed by atoms with van der Waals surface area (Å²) < 4.78 is 20.7. The molecule has 0 spiro atoms. The van der Waals surface area contributed by atoms with Crippen molar-refractivity contribution < 1.29 is 9.13 Å². The van der Waals surface area contributed by atoms with E-state index in [1.165, 1.54) is 22.9 Å². The van der Waals surface area contributed by atoms with Crippen LogP contribution in [0.3, 0.4) is 0 Å². The van der Waals surface area contributed by atoms with Crippen LogP contribution in [0.1, 0.15) is 13.8 Å². The molecule has 2 aromatic rings. The van der Waals surface area contributed by atoms with Gasteiger partial charge in [-0.15, -0.1) is 5.10 Å². The molecule has 0 aliphatic carbocycles. The van der Waals surface area contributed by atoms with E-state index in [-0.39, 0.29) is 11.7 Å². The number of nitrogens with two attached hydrogens (primary N) is 1. The first-order chi connectivity index (χ1) is 9.11. The monoisotopic (exact) mass is 265 g/mol. The van der Waals surface area contributed by atoms with Crippen molar-refractivity contribution in [3.63, 3.8) is 0 Å². The summed E-state index contributed by atoms with van der Waals surface area (Å²) in [5, 5.41) is 11.3. The number of nitrogens with zero attached hydrogens (tertiary/aromatic N) is 4. The molecular weight excluding hydrogens is 249 g/mol. The van der Waals surface area contributed by atoms with Crippen molar-refractivity contribution in [2.45, 2.75) is 26.5 Å². The van der Waals surface area contributed by atoms with Crippen LogP contribution in [0, 0.1) is 5.82 Å². The highest BCUT2D eigenvalue weighted by Gasteiger charge is 2.15. The number of hydrogen-bond acceptors (Lipinski definition) is 5. The van der Waals surface area contributed by atoms with Gasteiger partial charge in [-0.05, 0) is 42.5 Å². The normalized spacial score (nSPS) is 12.6. The zero-order valence-corrected chi connectivity index (χ0v) is 10.9. The lowest BCUT2D eigenvalue weighted by molar-refractivity contribution is 0.0614. The zero-order valence-electron chi connectivity index (χ0n) is 10.9. The molecule has 1 aromatic carbocycles. The highest BCUT2D eigenvalue weighted by atomic mass is 19.1. The Balaban J connectivity index is 2.31. The minimum Gasteiger partial charge on any atom is -0.399 e. The van der Waals surface area contributed by atoms with Gasteiger partial charge in [-0.1, -0.05) is 0 Å². The Bertz CT molecular complexity index is 557. The van der Waals surface area contributed by atoms with Crippen LogP contribution >= 0.6 is 0 Å². The molecule has 102 valence electrons. The lowest BCUT2D eigenvalue weighted by atomic mass is 10.1. The van der Waals surface area contributed by atoms with Crippen molar-refractivity contribution in [3.8, 4) is 11.4 Å². The first kappa shape index (κ1) is 13.4. The topological polar surface area (TPSA) is 78.8 Å². The Labute approximate surface area is 110 Å². The van der Waals surface area contributed by atoms with Gasteiger partial charge in [0.05, 0.1) is 18.2 Å². The molecule has 6 nitrogen and oxygen atoms in total. The Morgan fingerprint density at radius 2 is 2.26 bits per heavy atom. The van der Waals surface area contributed by atoms with E-state index >= 15 is 0 Å². The maximum atomic E-state index is 13.8. The third kappa shape index (κ3) is 3.05. The van der Waals surface area contributed by atoms with E-state index in [0.717, 1.165) is 0 Å². The summed E-state index contributed by atoms with van der Waals surface area (Å²) in [5.41, 5.74) is 6.41. The fraction of sp³-hybridized carbons (Fsp3) is 0.417. The molecule has 0 bridgehead atoms. The molecule has 1 unspecified atom stereocenters. The second kappa shape index (κ2) is 5.75. The van der Waals surface area contributed by atoms with E-state index in [1.807, 2.05) is 13.8 Å². The van der Waals surface area contributed by atoms with E-state index in [1.54, 1.807) is 0 Å². The number of tetrazole rings is 1. The Kier molecular flexibility index (Phi) is 4.06. The second-order valence-electron chi connectivity index (χ2n) is 4.19. The average Bonchev–Trinajstić information content (AvgIpc) is 2.80. The number of aromatic nitrogens is 4. The second-order valence-corrected chi connectivity index (χ2v) is 4.19. The smallest absolute Gasteiger partial charge is 0.185 e. The number of benzene rings is 1. The van der Waals surface area contributed by atoms with Gasteiger partial charge in [0.15, 0.2) is 5.82 Å². The first-order valence-corrected chi connectivity index (χ1v) is 6.05. The minimum atomic E-state index is -0.408. The number of hydrogen-bond donors (Lipinski definition) is 1. The van der Waals surface area contributed by atoms with Crippen LogP contribution in [0.15, 0.2) is 18.2 Å². The number of nitrogen functional groups attached to an aromatic ring is 1. The molecule has 7 heteroatoms. The predicted molar refractivity (Wildman–Crippen MR) is 68.7 cm³/mol. The molecule has 0 saturated carbocycles. The van der Waals surface area contributed by atoms with Crippen molar-refractivity contribution >= 4 is 5.69 Å². The average molecular weight is 265 g/mol. The summed E-state index contributed by atoms with van der Waals surface area (Å²) in [6, 6.07) is 4.31. The molecule has 0 amide bonds. The lowest BCUT2D eigenvalue weighted by Gasteiger charge is -2.12. The summed E-state index contributed by atoms with van der Waals surface area (Å²) in [7, 11) is 0. The van der Waals surface area contributed by atoms with Gasteiger partial charge in [0, 0.05) is 12.3 Å². The fourth-order valence-corrected chi connectivity index (χ4v) is 1.82. The minimum absolute atomic E-state index is 0.0589. The lowest BCUT2D eigenvalue weighted by Crippen LogP contribution is -2.18. The molecular formula is C12H16FN5O. The Morgan fingerprint density at radius 3 is 3.00 bits per heavy atom. The molecule has 19 heavy (non-hydrogen) atoms. The third-order valence-electron chi connectivity index (χ3n) is 2.64. The van der Waals surface area contributed by atoms with E-state index in [2.05, 4.69) is 15.5 Å². The van der Waals surface area contributed by atoms with E-state index in [9.17, 15) is 4.39 Å². The summed E-state index contributed by atoms with van der Waals surface area (Å²) in [5.74, 6) is -0.0642. The van der Waals surface area contributed by atoms with Gasteiger partial charge in [0.2, 0.25) is 0 Å². The van der Waals surface area contributed by atoms with Gasteiger partial charge in [-0.2, -0.15) is 0 Å². The number of anilines is 1. The maximum Gasteiger partial charge on any atom is 0.185 e. The molecule has 0 aliphatic rings. The molecule has 0 aliphatic heterocycles. The van der Waals surface area contributed by atoms with Crippen LogP contribution in [0.5, 0.6) is 0 Å². The van der Waals surface area contributed by atoms with Gasteiger partial charge in [0.25, 0.3) is 0 Å². The van der Waals surface area contributed by atoms with Gasteiger partial charge in [-0.3, -0.25) is 0 Å². The van der Waals surface area contributed by atoms with Crippen LogP contribution in [0.25, 0.3) is 11.4 Å². The summed E-state index contributed by atoms with van der Waals surface area (Å²) in [4.78, 5) is 0. The summed E-state index contributed by atoms with van der Waals surface area (Å²) in [6.07, 6.45) is -0.0589. The van der Waals surface area contributed by atoms with Crippen LogP contribution in [-0.4, -0.2) is 32.9 Å². The molecule has 0 fully saturated rings. The standard InChI is InChI=1S/C12H16FN5O/c1-3-19-8(2)7-18-12(15-16-17-18)10-6-9(14)4-5-11(10)13/h4-6,8H,3,7,14H2,1-2H3. The molecule has 1 aromatic heterocycles. The highest BCUT2D eigenvalue weighted by Crippen LogP contribution is 2.22. The van der Waals surface area contributed by atoms with Crippen molar-refractivity contribution in [3.05, 3.63) is 24.0 Å². The van der Waals surface area contributed by atoms with Crippen molar-refractivity contribution in [2.24, 2.45) is 0 Å². The predicted octanol–water partition coefficient (Wildman–Crippen LogP) is 1.49. The number of rotatable bonds is 5. The molecule has 2 N–H and O–H groups in total. The van der Waals surface area contributed by atoms with Gasteiger partial charge in [-0.25, -0.2) is 9.07 Å². The number of halogens is 1. The van der Waals surface area contributed by atoms with Crippen LogP contribution in [-0.2, 0) is 11.3 Å². The molecule has 0 radical (unpaired) electrons. The summed E-state index contributed by atoms with van der Waals surface area (Å²) in [6.45, 7) is 4.87. The van der Waals surface area contributed by atoms with Crippen molar-refractivity contribution in [2.75, 3.05) is 12.3 Å². The first-order valence-electron chi connectivity index (χ1n) is 6.05. The quantitative estimate of drug-likeness (QED) is 0.828. The van der Waals surface area contributed by atoms with E-state index < -0.39 is 5.82 Å². The molecule has 0 saturated heterocycles. The largest absolute Gasteiger partial charge is 0.399 e. The molecule has 1 atom stereocenters. The van der Waals surface area contributed by atoms with Crippen LogP contribution in [0.2, 0.25) is 0 Å². The van der Waals surface area contributed by atoms with E-state index in [0.29, 0.717) is 24.7 Å². The third-order valence-corrected chi connectivity index (χ3v) is 2.64. The SMILES string of the molecule is CCOC(C)Cn1nnnc1-c1cc(N)ccc1F. The van der Waals surface area contributed by atoms with Crippen molar-refractivity contribution in [1.29, 1.82) is 0 Å². The highest BCUT2D eigenvalue weighted by molar-refractivity contribution is 5.61. The zero-order chi connectivity index (χ0) is 13.8. The Morgan fingerprint density at radius 1 is 1.47 bits per heavy atom. The Hall–Kier alpha value is -2.02. The van der Waals surface area contributed by atoms with Gasteiger partial charge >= 0.3 is 0 Å². The molecule has 1 heterocycles. The maximum absolute atomic E-state index is 13.8. The molecule has 2 rings (SSSR count). The van der Waals surface area contributed by atoms with Crippen LogP contribution in [0.4, 0.5) is 10.1 Å². The van der Waals surface area contributed by atoms with Gasteiger partial charge < -0.3 is 10.5 Å². The van der Waals surface area contributed by atoms with Gasteiger partial charge in [0.1, 0.15) is 5.82 Å². The van der Waals surface area contributed by atoms with Crippen molar-refractivity contribution in [1.82, 2.24) is 20.2 Å². The van der Waals surface area contributed by atoms with Crippen LogP contribution < -0.4 is 5.73 Å². The number of ether oxygens (including phenoxy) is 1.